The minimum Gasteiger partial charge on any atom is -0.481 e. The topological polar surface area (TPSA) is 40.5 Å². The standard InChI is InChI=1S/C13H23NO2/c1-9(2)14(8-10-6-7-10)12-5-3-4-11(12)13(15)16/h9-12H,3-8H2,1-2H3,(H,15,16). The van der Waals surface area contributed by atoms with Crippen molar-refractivity contribution in [1.29, 1.82) is 0 Å². The fraction of sp³-hybridized carbons (Fsp3) is 0.923. The molecule has 2 fully saturated rings. The van der Waals surface area contributed by atoms with Crippen molar-refractivity contribution in [3.63, 3.8) is 0 Å². The average molecular weight is 225 g/mol. The molecule has 2 aliphatic carbocycles. The lowest BCUT2D eigenvalue weighted by atomic mass is 10.0. The van der Waals surface area contributed by atoms with Crippen LogP contribution in [0.1, 0.15) is 46.0 Å². The van der Waals surface area contributed by atoms with E-state index in [2.05, 4.69) is 18.7 Å². The predicted octanol–water partition coefficient (Wildman–Crippen LogP) is 2.36. The van der Waals surface area contributed by atoms with Gasteiger partial charge in [0.05, 0.1) is 5.92 Å². The van der Waals surface area contributed by atoms with Gasteiger partial charge < -0.3 is 5.11 Å². The van der Waals surface area contributed by atoms with Crippen LogP contribution < -0.4 is 0 Å². The predicted molar refractivity (Wildman–Crippen MR) is 63.3 cm³/mol. The van der Waals surface area contributed by atoms with Crippen LogP contribution in [0.2, 0.25) is 0 Å². The highest BCUT2D eigenvalue weighted by Crippen LogP contribution is 2.36. The smallest absolute Gasteiger partial charge is 0.308 e. The second-order valence-corrected chi connectivity index (χ2v) is 5.68. The van der Waals surface area contributed by atoms with E-state index in [1.54, 1.807) is 0 Å². The molecular weight excluding hydrogens is 202 g/mol. The van der Waals surface area contributed by atoms with Crippen LogP contribution in [0.25, 0.3) is 0 Å². The summed E-state index contributed by atoms with van der Waals surface area (Å²) in [5.41, 5.74) is 0. The third-order valence-electron chi connectivity index (χ3n) is 4.05. The zero-order chi connectivity index (χ0) is 11.7. The molecule has 0 heterocycles. The molecule has 0 saturated heterocycles. The summed E-state index contributed by atoms with van der Waals surface area (Å²) in [6.45, 7) is 5.51. The van der Waals surface area contributed by atoms with E-state index in [4.69, 9.17) is 0 Å². The Balaban J connectivity index is 2.02. The van der Waals surface area contributed by atoms with Gasteiger partial charge in [-0.15, -0.1) is 0 Å². The van der Waals surface area contributed by atoms with Crippen molar-refractivity contribution in [3.05, 3.63) is 0 Å². The molecule has 2 rings (SSSR count). The number of aliphatic carboxylic acids is 1. The number of hydrogen-bond donors (Lipinski definition) is 1. The number of carboxylic acids is 1. The molecule has 2 saturated carbocycles. The first-order chi connectivity index (χ1) is 7.59. The van der Waals surface area contributed by atoms with Crippen LogP contribution in [0.15, 0.2) is 0 Å². The Morgan fingerprint density at radius 3 is 2.50 bits per heavy atom. The van der Waals surface area contributed by atoms with E-state index >= 15 is 0 Å². The molecule has 3 heteroatoms. The molecular formula is C13H23NO2. The molecule has 0 aromatic rings. The highest BCUT2D eigenvalue weighted by Gasteiger charge is 2.39. The molecule has 3 nitrogen and oxygen atoms in total. The molecule has 0 aromatic carbocycles. The number of carboxylic acid groups (broad SMARTS) is 1. The molecule has 0 bridgehead atoms. The van der Waals surface area contributed by atoms with E-state index in [0.29, 0.717) is 6.04 Å². The largest absolute Gasteiger partial charge is 0.481 e. The quantitative estimate of drug-likeness (QED) is 0.781. The van der Waals surface area contributed by atoms with E-state index in [-0.39, 0.29) is 12.0 Å². The molecule has 2 atom stereocenters. The summed E-state index contributed by atoms with van der Waals surface area (Å²) in [6.07, 6.45) is 5.70. The lowest BCUT2D eigenvalue weighted by molar-refractivity contribution is -0.143. The van der Waals surface area contributed by atoms with Gasteiger partial charge in [0.25, 0.3) is 0 Å². The van der Waals surface area contributed by atoms with Gasteiger partial charge in [0.1, 0.15) is 0 Å². The van der Waals surface area contributed by atoms with Gasteiger partial charge in [0, 0.05) is 18.6 Å². The molecule has 2 aliphatic rings. The first-order valence-corrected chi connectivity index (χ1v) is 6.58. The van der Waals surface area contributed by atoms with Crippen LogP contribution in [0, 0.1) is 11.8 Å². The molecule has 0 radical (unpaired) electrons. The third-order valence-corrected chi connectivity index (χ3v) is 4.05. The minimum atomic E-state index is -0.594. The van der Waals surface area contributed by atoms with Gasteiger partial charge in [-0.05, 0) is 45.4 Å². The highest BCUT2D eigenvalue weighted by molar-refractivity contribution is 5.71. The zero-order valence-electron chi connectivity index (χ0n) is 10.4. The third kappa shape index (κ3) is 2.57. The average Bonchev–Trinajstić information content (AvgIpc) is 2.89. The lowest BCUT2D eigenvalue weighted by Gasteiger charge is -2.35. The molecule has 0 aromatic heterocycles. The second kappa shape index (κ2) is 4.74. The van der Waals surface area contributed by atoms with E-state index in [1.165, 1.54) is 12.8 Å². The van der Waals surface area contributed by atoms with Gasteiger partial charge in [-0.2, -0.15) is 0 Å². The summed E-state index contributed by atoms with van der Waals surface area (Å²) in [5.74, 6) is 0.127. The summed E-state index contributed by atoms with van der Waals surface area (Å²) in [6, 6.07) is 0.767. The van der Waals surface area contributed by atoms with Gasteiger partial charge in [0.2, 0.25) is 0 Å². The summed E-state index contributed by atoms with van der Waals surface area (Å²) >= 11 is 0. The Morgan fingerprint density at radius 1 is 1.31 bits per heavy atom. The van der Waals surface area contributed by atoms with Crippen molar-refractivity contribution < 1.29 is 9.90 Å². The van der Waals surface area contributed by atoms with Crippen molar-refractivity contribution in [2.75, 3.05) is 6.54 Å². The molecule has 0 aliphatic heterocycles. The Kier molecular flexibility index (Phi) is 3.53. The molecule has 1 N–H and O–H groups in total. The van der Waals surface area contributed by atoms with Crippen LogP contribution in [0.5, 0.6) is 0 Å². The summed E-state index contributed by atoms with van der Waals surface area (Å²) in [4.78, 5) is 13.7. The highest BCUT2D eigenvalue weighted by atomic mass is 16.4. The monoisotopic (exact) mass is 225 g/mol. The first kappa shape index (κ1) is 11.9. The lowest BCUT2D eigenvalue weighted by Crippen LogP contribution is -2.45. The van der Waals surface area contributed by atoms with Crippen molar-refractivity contribution >= 4 is 5.97 Å². The van der Waals surface area contributed by atoms with Gasteiger partial charge in [-0.25, -0.2) is 0 Å². The molecule has 0 spiro atoms. The summed E-state index contributed by atoms with van der Waals surface area (Å²) < 4.78 is 0. The van der Waals surface area contributed by atoms with Crippen molar-refractivity contribution in [2.45, 2.75) is 58.0 Å². The maximum absolute atomic E-state index is 11.2. The Hall–Kier alpha value is -0.570. The van der Waals surface area contributed by atoms with Crippen LogP contribution in [-0.4, -0.2) is 34.6 Å². The molecule has 16 heavy (non-hydrogen) atoms. The number of rotatable bonds is 5. The van der Waals surface area contributed by atoms with Crippen molar-refractivity contribution in [3.8, 4) is 0 Å². The normalized spacial score (nSPS) is 30.2. The van der Waals surface area contributed by atoms with E-state index in [9.17, 15) is 9.90 Å². The van der Waals surface area contributed by atoms with Crippen molar-refractivity contribution in [1.82, 2.24) is 4.90 Å². The fourth-order valence-electron chi connectivity index (χ4n) is 2.95. The zero-order valence-corrected chi connectivity index (χ0v) is 10.4. The Bertz CT molecular complexity index is 261. The molecule has 92 valence electrons. The van der Waals surface area contributed by atoms with Crippen LogP contribution >= 0.6 is 0 Å². The molecule has 2 unspecified atom stereocenters. The number of hydrogen-bond acceptors (Lipinski definition) is 2. The van der Waals surface area contributed by atoms with Gasteiger partial charge in [-0.3, -0.25) is 9.69 Å². The molecule has 0 amide bonds. The van der Waals surface area contributed by atoms with Crippen LogP contribution in [-0.2, 0) is 4.79 Å². The van der Waals surface area contributed by atoms with Gasteiger partial charge in [-0.1, -0.05) is 6.42 Å². The van der Waals surface area contributed by atoms with E-state index in [0.717, 1.165) is 31.7 Å². The number of nitrogens with zero attached hydrogens (tertiary/aromatic N) is 1. The maximum atomic E-state index is 11.2. The maximum Gasteiger partial charge on any atom is 0.308 e. The van der Waals surface area contributed by atoms with Crippen LogP contribution in [0.3, 0.4) is 0 Å². The fourth-order valence-corrected chi connectivity index (χ4v) is 2.95. The summed E-state index contributed by atoms with van der Waals surface area (Å²) in [7, 11) is 0. The SMILES string of the molecule is CC(C)N(CC1CC1)C1CCCC1C(=O)O. The first-order valence-electron chi connectivity index (χ1n) is 6.58. The van der Waals surface area contributed by atoms with Crippen LogP contribution in [0.4, 0.5) is 0 Å². The second-order valence-electron chi connectivity index (χ2n) is 5.68. The number of carbonyl (C=O) groups is 1. The van der Waals surface area contributed by atoms with Gasteiger partial charge in [0.15, 0.2) is 0 Å². The Labute approximate surface area is 97.8 Å². The van der Waals surface area contributed by atoms with E-state index < -0.39 is 5.97 Å². The van der Waals surface area contributed by atoms with E-state index in [1.807, 2.05) is 0 Å². The van der Waals surface area contributed by atoms with Gasteiger partial charge >= 0.3 is 5.97 Å². The van der Waals surface area contributed by atoms with Crippen molar-refractivity contribution in [2.24, 2.45) is 11.8 Å². The summed E-state index contributed by atoms with van der Waals surface area (Å²) in [5, 5.41) is 9.24. The Morgan fingerprint density at radius 2 is 2.00 bits per heavy atom. The minimum absolute atomic E-state index is 0.124.